The highest BCUT2D eigenvalue weighted by Crippen LogP contribution is 2.23. The number of ketones is 1. The van der Waals surface area contributed by atoms with Crippen LogP contribution in [0.3, 0.4) is 0 Å². The summed E-state index contributed by atoms with van der Waals surface area (Å²) in [6, 6.07) is 0. The van der Waals surface area contributed by atoms with Gasteiger partial charge in [0, 0.05) is 12.8 Å². The van der Waals surface area contributed by atoms with E-state index < -0.39 is 0 Å². The molecule has 46 valence electrons. The average molecular weight is 112 g/mol. The van der Waals surface area contributed by atoms with Crippen molar-refractivity contribution < 1.29 is 4.79 Å². The summed E-state index contributed by atoms with van der Waals surface area (Å²) in [6.45, 7) is 2.16. The second-order valence-corrected chi connectivity index (χ2v) is 2.56. The topological polar surface area (TPSA) is 17.1 Å². The molecule has 0 bridgehead atoms. The van der Waals surface area contributed by atoms with E-state index in [2.05, 4.69) is 6.92 Å². The number of Topliss-reactive ketones (excluding diaryl/α,β-unsaturated/α-hetero) is 1. The highest BCUT2D eigenvalue weighted by molar-refractivity contribution is 5.80. The Morgan fingerprint density at radius 3 is 2.75 bits per heavy atom. The minimum Gasteiger partial charge on any atom is -0.300 e. The summed E-state index contributed by atoms with van der Waals surface area (Å²) in [7, 11) is 0. The Hall–Kier alpha value is -0.330. The van der Waals surface area contributed by atoms with Gasteiger partial charge in [-0.25, -0.2) is 0 Å². The molecule has 0 saturated heterocycles. The van der Waals surface area contributed by atoms with Gasteiger partial charge >= 0.3 is 0 Å². The van der Waals surface area contributed by atoms with Crippen LogP contribution in [0.15, 0.2) is 0 Å². The lowest BCUT2D eigenvalue weighted by molar-refractivity contribution is -0.117. The Morgan fingerprint density at radius 2 is 2.50 bits per heavy atom. The van der Waals surface area contributed by atoms with Gasteiger partial charge in [0.15, 0.2) is 0 Å². The van der Waals surface area contributed by atoms with Gasteiger partial charge in [-0.15, -0.1) is 0 Å². The first-order valence-electron chi connectivity index (χ1n) is 3.34. The summed E-state index contributed by atoms with van der Waals surface area (Å²) in [6.07, 6.45) is 4.04. The average Bonchev–Trinajstić information content (AvgIpc) is 2.14. The predicted octanol–water partition coefficient (Wildman–Crippen LogP) is 1.77. The number of carbonyl (C=O) groups is 1. The molecule has 1 aliphatic rings. The number of hydrogen-bond acceptors (Lipinski definition) is 1. The third-order valence-corrected chi connectivity index (χ3v) is 1.93. The zero-order valence-corrected chi connectivity index (χ0v) is 5.31. The monoisotopic (exact) mass is 112 g/mol. The molecule has 0 amide bonds. The summed E-state index contributed by atoms with van der Waals surface area (Å²) in [5.41, 5.74) is 0. The second-order valence-electron chi connectivity index (χ2n) is 2.56. The van der Waals surface area contributed by atoms with Crippen LogP contribution in [0.5, 0.6) is 0 Å². The number of hydrogen-bond donors (Lipinski definition) is 0. The lowest BCUT2D eigenvalue weighted by Crippen LogP contribution is -1.91. The molecule has 0 aromatic rings. The highest BCUT2D eigenvalue weighted by Gasteiger charge is 2.19. The van der Waals surface area contributed by atoms with Crippen molar-refractivity contribution in [1.29, 1.82) is 0 Å². The maximum atomic E-state index is 10.6. The zero-order valence-electron chi connectivity index (χ0n) is 5.31. The molecule has 1 nitrogen and oxygen atoms in total. The third kappa shape index (κ3) is 1.09. The molecule has 0 aromatic heterocycles. The molecule has 1 rings (SSSR count). The highest BCUT2D eigenvalue weighted by atomic mass is 16.1. The molecular formula is C7H12O. The van der Waals surface area contributed by atoms with Gasteiger partial charge in [0.05, 0.1) is 0 Å². The van der Waals surface area contributed by atoms with Crippen molar-refractivity contribution in [2.45, 2.75) is 32.6 Å². The molecule has 8 heavy (non-hydrogen) atoms. The smallest absolute Gasteiger partial charge is 0.133 e. The van der Waals surface area contributed by atoms with Gasteiger partial charge in [0.1, 0.15) is 5.78 Å². The minimum absolute atomic E-state index is 0.469. The van der Waals surface area contributed by atoms with E-state index in [9.17, 15) is 4.79 Å². The van der Waals surface area contributed by atoms with Crippen LogP contribution in [0.2, 0.25) is 0 Å². The van der Waals surface area contributed by atoms with E-state index >= 15 is 0 Å². The molecule has 0 aromatic carbocycles. The van der Waals surface area contributed by atoms with E-state index in [4.69, 9.17) is 0 Å². The van der Waals surface area contributed by atoms with Crippen molar-refractivity contribution >= 4 is 5.78 Å². The van der Waals surface area contributed by atoms with Gasteiger partial charge in [-0.1, -0.05) is 13.3 Å². The molecule has 1 atom stereocenters. The molecule has 0 N–H and O–H groups in total. The molecule has 1 fully saturated rings. The molecule has 1 aliphatic carbocycles. The summed E-state index contributed by atoms with van der Waals surface area (Å²) < 4.78 is 0. The van der Waals surface area contributed by atoms with Crippen molar-refractivity contribution in [3.05, 3.63) is 0 Å². The van der Waals surface area contributed by atoms with E-state index in [0.29, 0.717) is 5.78 Å². The Balaban J connectivity index is 2.32. The van der Waals surface area contributed by atoms with E-state index in [1.807, 2.05) is 0 Å². The van der Waals surface area contributed by atoms with Gasteiger partial charge < -0.3 is 0 Å². The van der Waals surface area contributed by atoms with Crippen LogP contribution in [0, 0.1) is 5.92 Å². The Labute approximate surface area is 50.1 Å². The van der Waals surface area contributed by atoms with Crippen LogP contribution in [0.25, 0.3) is 0 Å². The van der Waals surface area contributed by atoms with Crippen LogP contribution in [0.4, 0.5) is 0 Å². The normalized spacial score (nSPS) is 29.1. The molecule has 0 spiro atoms. The first-order valence-corrected chi connectivity index (χ1v) is 3.34. The number of rotatable bonds is 1. The minimum atomic E-state index is 0.469. The van der Waals surface area contributed by atoms with Crippen molar-refractivity contribution in [2.24, 2.45) is 5.92 Å². The quantitative estimate of drug-likeness (QED) is 0.505. The second kappa shape index (κ2) is 2.29. The van der Waals surface area contributed by atoms with Gasteiger partial charge in [0.25, 0.3) is 0 Å². The summed E-state index contributed by atoms with van der Waals surface area (Å²) >= 11 is 0. The fraction of sp³-hybridized carbons (Fsp3) is 0.857. The van der Waals surface area contributed by atoms with Gasteiger partial charge in [-0.05, 0) is 12.3 Å². The fourth-order valence-electron chi connectivity index (χ4n) is 1.24. The Kier molecular flexibility index (Phi) is 1.66. The Bertz CT molecular complexity index is 96.6. The largest absolute Gasteiger partial charge is 0.300 e. The SMILES string of the molecule is CC[C@H]1CCC(=O)C1. The zero-order chi connectivity index (χ0) is 5.98. The van der Waals surface area contributed by atoms with E-state index in [1.165, 1.54) is 6.42 Å². The number of carbonyl (C=O) groups excluding carboxylic acids is 1. The summed E-state index contributed by atoms with van der Waals surface area (Å²) in [4.78, 5) is 10.6. The van der Waals surface area contributed by atoms with Gasteiger partial charge in [0.2, 0.25) is 0 Å². The van der Waals surface area contributed by atoms with Crippen LogP contribution >= 0.6 is 0 Å². The van der Waals surface area contributed by atoms with Gasteiger partial charge in [-0.3, -0.25) is 4.79 Å². The van der Waals surface area contributed by atoms with Crippen molar-refractivity contribution in [1.82, 2.24) is 0 Å². The summed E-state index contributed by atoms with van der Waals surface area (Å²) in [5, 5.41) is 0. The van der Waals surface area contributed by atoms with Gasteiger partial charge in [-0.2, -0.15) is 0 Å². The van der Waals surface area contributed by atoms with Crippen molar-refractivity contribution in [3.63, 3.8) is 0 Å². The molecule has 1 heteroatoms. The predicted molar refractivity (Wildman–Crippen MR) is 32.6 cm³/mol. The van der Waals surface area contributed by atoms with Crippen LogP contribution in [-0.2, 0) is 4.79 Å². The van der Waals surface area contributed by atoms with Crippen LogP contribution in [0.1, 0.15) is 32.6 Å². The van der Waals surface area contributed by atoms with E-state index in [-0.39, 0.29) is 0 Å². The van der Waals surface area contributed by atoms with Crippen molar-refractivity contribution in [3.8, 4) is 0 Å². The third-order valence-electron chi connectivity index (χ3n) is 1.93. The van der Waals surface area contributed by atoms with E-state index in [0.717, 1.165) is 25.2 Å². The Morgan fingerprint density at radius 1 is 1.75 bits per heavy atom. The van der Waals surface area contributed by atoms with Crippen LogP contribution < -0.4 is 0 Å². The molecule has 0 unspecified atom stereocenters. The molecule has 0 heterocycles. The van der Waals surface area contributed by atoms with Crippen molar-refractivity contribution in [2.75, 3.05) is 0 Å². The molecule has 1 saturated carbocycles. The molecule has 0 radical (unpaired) electrons. The first kappa shape index (κ1) is 5.80. The lowest BCUT2D eigenvalue weighted by Gasteiger charge is -1.98. The molecular weight excluding hydrogens is 100 g/mol. The van der Waals surface area contributed by atoms with Crippen LogP contribution in [-0.4, -0.2) is 5.78 Å². The fourth-order valence-corrected chi connectivity index (χ4v) is 1.24. The standard InChI is InChI=1S/C7H12O/c1-2-6-3-4-7(8)5-6/h6H,2-5H2,1H3/t6-/m0/s1. The molecule has 0 aliphatic heterocycles. The maximum absolute atomic E-state index is 10.6. The maximum Gasteiger partial charge on any atom is 0.133 e. The summed E-state index contributed by atoms with van der Waals surface area (Å²) in [5.74, 6) is 1.19. The lowest BCUT2D eigenvalue weighted by atomic mass is 10.1. The van der Waals surface area contributed by atoms with E-state index in [1.54, 1.807) is 0 Å². The first-order chi connectivity index (χ1) is 3.83.